The zero-order chi connectivity index (χ0) is 17.5. The molecular weight excluding hydrogens is 339 g/mol. The minimum absolute atomic E-state index is 0.181. The summed E-state index contributed by atoms with van der Waals surface area (Å²) in [6.45, 7) is 0. The molecular formula is C10H2F9O3-. The molecule has 0 aliphatic carbocycles. The van der Waals surface area contributed by atoms with Crippen LogP contribution in [0.15, 0.2) is 12.1 Å². The highest BCUT2D eigenvalue weighted by Crippen LogP contribution is 2.42. The number of benzene rings is 1. The van der Waals surface area contributed by atoms with E-state index in [0.29, 0.717) is 0 Å². The minimum Gasteiger partial charge on any atom is -0.828 e. The molecule has 1 aromatic carbocycles. The Bertz CT molecular complexity index is 553. The molecule has 0 N–H and O–H groups in total. The minimum atomic E-state index is -6.70. The lowest BCUT2D eigenvalue weighted by atomic mass is 10.0. The van der Waals surface area contributed by atoms with Crippen LogP contribution in [0.5, 0.6) is 5.75 Å². The number of rotatable bonds is 2. The van der Waals surface area contributed by atoms with Crippen LogP contribution >= 0.6 is 0 Å². The van der Waals surface area contributed by atoms with Gasteiger partial charge in [-0.05, 0) is 0 Å². The first-order valence-electron chi connectivity index (χ1n) is 4.92. The van der Waals surface area contributed by atoms with E-state index < -0.39 is 47.1 Å². The molecule has 0 amide bonds. The predicted molar refractivity (Wildman–Crippen MR) is 46.8 cm³/mol. The van der Waals surface area contributed by atoms with Gasteiger partial charge in [-0.25, -0.2) is 13.2 Å². The largest absolute Gasteiger partial charge is 0.828 e. The van der Waals surface area contributed by atoms with Gasteiger partial charge in [-0.1, -0.05) is 0 Å². The molecule has 0 radical (unpaired) electrons. The summed E-state index contributed by atoms with van der Waals surface area (Å²) in [5.41, 5.74) is -6.27. The number of esters is 1. The van der Waals surface area contributed by atoms with E-state index in [1.54, 1.807) is 0 Å². The van der Waals surface area contributed by atoms with E-state index in [2.05, 4.69) is 4.74 Å². The van der Waals surface area contributed by atoms with Crippen molar-refractivity contribution in [2.75, 3.05) is 0 Å². The Morgan fingerprint density at radius 2 is 1.27 bits per heavy atom. The van der Waals surface area contributed by atoms with E-state index in [9.17, 15) is 49.4 Å². The van der Waals surface area contributed by atoms with E-state index in [1.807, 2.05) is 0 Å². The summed E-state index contributed by atoms with van der Waals surface area (Å²) in [7, 11) is 0. The highest BCUT2D eigenvalue weighted by atomic mass is 19.4. The van der Waals surface area contributed by atoms with Crippen LogP contribution in [0.4, 0.5) is 39.5 Å². The molecule has 0 spiro atoms. The average molecular weight is 341 g/mol. The first kappa shape index (κ1) is 18.1. The molecule has 0 heterocycles. The first-order chi connectivity index (χ1) is 9.71. The fraction of sp³-hybridized carbons (Fsp3) is 0.300. The van der Waals surface area contributed by atoms with Gasteiger partial charge in [0.25, 0.3) is 0 Å². The van der Waals surface area contributed by atoms with Crippen molar-refractivity contribution >= 4 is 5.97 Å². The molecule has 0 saturated carbocycles. The average Bonchev–Trinajstić information content (AvgIpc) is 2.29. The van der Waals surface area contributed by atoms with Crippen molar-refractivity contribution in [3.05, 3.63) is 29.6 Å². The molecule has 0 aliphatic rings. The maximum atomic E-state index is 13.0. The molecule has 0 fully saturated rings. The van der Waals surface area contributed by atoms with Gasteiger partial charge >= 0.3 is 18.3 Å². The molecule has 22 heavy (non-hydrogen) atoms. The summed E-state index contributed by atoms with van der Waals surface area (Å²) in [5, 5.41) is 10.9. The number of hydrogen-bond acceptors (Lipinski definition) is 3. The molecule has 0 unspecified atom stereocenters. The lowest BCUT2D eigenvalue weighted by Gasteiger charge is -2.39. The van der Waals surface area contributed by atoms with Gasteiger partial charge in [-0.15, -0.1) is 0 Å². The van der Waals surface area contributed by atoms with Crippen LogP contribution in [-0.2, 0) is 4.79 Å². The molecule has 0 aromatic heterocycles. The fourth-order valence-corrected chi connectivity index (χ4v) is 1.18. The van der Waals surface area contributed by atoms with Crippen molar-refractivity contribution in [1.82, 2.24) is 0 Å². The van der Waals surface area contributed by atoms with Crippen molar-refractivity contribution in [3.63, 3.8) is 0 Å². The van der Waals surface area contributed by atoms with Gasteiger partial charge < -0.3 is 9.84 Å². The van der Waals surface area contributed by atoms with Crippen molar-refractivity contribution in [1.29, 1.82) is 0 Å². The van der Waals surface area contributed by atoms with Gasteiger partial charge in [0.05, 0.1) is 0 Å². The van der Waals surface area contributed by atoms with Gasteiger partial charge in [-0.3, -0.25) is 4.79 Å². The Balaban J connectivity index is 3.31. The zero-order valence-electron chi connectivity index (χ0n) is 9.78. The van der Waals surface area contributed by atoms with Gasteiger partial charge in [0.15, 0.2) is 17.2 Å². The maximum Gasteiger partial charge on any atom is 0.399 e. The molecule has 0 bridgehead atoms. The summed E-state index contributed by atoms with van der Waals surface area (Å²) in [4.78, 5) is 10.9. The molecule has 0 saturated heterocycles. The molecule has 124 valence electrons. The monoisotopic (exact) mass is 341 g/mol. The van der Waals surface area contributed by atoms with Gasteiger partial charge in [0.2, 0.25) is 5.75 Å². The normalized spacial score (nSPS) is 13.2. The summed E-state index contributed by atoms with van der Waals surface area (Å²) < 4.78 is 115. The van der Waals surface area contributed by atoms with Gasteiger partial charge in [-0.2, -0.15) is 26.3 Å². The lowest BCUT2D eigenvalue weighted by Crippen LogP contribution is -2.72. The third-order valence-corrected chi connectivity index (χ3v) is 2.24. The Kier molecular flexibility index (Phi) is 4.38. The van der Waals surface area contributed by atoms with Crippen molar-refractivity contribution in [2.24, 2.45) is 0 Å². The number of alkyl halides is 6. The summed E-state index contributed by atoms with van der Waals surface area (Å²) in [6.07, 6.45) is -13.4. The van der Waals surface area contributed by atoms with Crippen LogP contribution in [0.1, 0.15) is 0 Å². The maximum absolute atomic E-state index is 13.0. The highest BCUT2D eigenvalue weighted by Gasteiger charge is 2.68. The van der Waals surface area contributed by atoms with E-state index in [1.165, 1.54) is 0 Å². The smallest absolute Gasteiger partial charge is 0.399 e. The Labute approximate surface area is 114 Å². The summed E-state index contributed by atoms with van der Waals surface area (Å²) in [6, 6.07) is -0.362. The summed E-state index contributed by atoms with van der Waals surface area (Å²) in [5.74, 6) is -11.4. The first-order valence-corrected chi connectivity index (χ1v) is 4.92. The second kappa shape index (κ2) is 5.34. The quantitative estimate of drug-likeness (QED) is 0.471. The third kappa shape index (κ3) is 2.96. The van der Waals surface area contributed by atoms with Crippen molar-refractivity contribution in [3.8, 4) is 5.75 Å². The van der Waals surface area contributed by atoms with Crippen LogP contribution in [0, 0.1) is 17.5 Å². The van der Waals surface area contributed by atoms with E-state index >= 15 is 0 Å². The predicted octanol–water partition coefficient (Wildman–Crippen LogP) is 2.23. The topological polar surface area (TPSA) is 49.4 Å². The second-order valence-electron chi connectivity index (χ2n) is 3.76. The van der Waals surface area contributed by atoms with E-state index in [4.69, 9.17) is 0 Å². The van der Waals surface area contributed by atoms with E-state index in [-0.39, 0.29) is 12.1 Å². The van der Waals surface area contributed by atoms with Crippen LogP contribution in [-0.4, -0.2) is 23.9 Å². The highest BCUT2D eigenvalue weighted by molar-refractivity contribution is 5.83. The second-order valence-corrected chi connectivity index (χ2v) is 3.76. The number of ether oxygens (including phenoxy) is 1. The summed E-state index contributed by atoms with van der Waals surface area (Å²) >= 11 is 0. The van der Waals surface area contributed by atoms with Gasteiger partial charge in [0, 0.05) is 12.1 Å². The number of hydrogen-bond donors (Lipinski definition) is 0. The van der Waals surface area contributed by atoms with E-state index in [0.717, 1.165) is 0 Å². The van der Waals surface area contributed by atoms with Crippen LogP contribution < -0.4 is 9.84 Å². The van der Waals surface area contributed by atoms with Crippen LogP contribution in [0.2, 0.25) is 0 Å². The Hall–Kier alpha value is -1.98. The number of carbonyl (C=O) groups is 1. The molecule has 3 nitrogen and oxygen atoms in total. The van der Waals surface area contributed by atoms with Crippen LogP contribution in [0.3, 0.4) is 0 Å². The Morgan fingerprint density at radius 3 is 1.59 bits per heavy atom. The lowest BCUT2D eigenvalue weighted by molar-refractivity contribution is -0.573. The van der Waals surface area contributed by atoms with Crippen LogP contribution in [0.25, 0.3) is 0 Å². The molecule has 1 rings (SSSR count). The molecule has 0 aliphatic heterocycles. The SMILES string of the molecule is O=C(Oc1c(F)cc(F)cc1F)C([O-])(C(F)(F)F)C(F)(F)F. The number of carbonyl (C=O) groups excluding carboxylic acids is 1. The van der Waals surface area contributed by atoms with Crippen molar-refractivity contribution in [2.45, 2.75) is 18.0 Å². The van der Waals surface area contributed by atoms with Crippen molar-refractivity contribution < 1.29 is 54.2 Å². The molecule has 0 atom stereocenters. The standard InChI is InChI=1S/C10H2F9O3/c11-3-1-4(12)6(5(13)2-3)22-7(20)8(21,9(14,15)16)10(17,18)19/h1-2H/q-1. The number of halogens is 9. The van der Waals surface area contributed by atoms with Gasteiger partial charge in [0.1, 0.15) is 5.82 Å². The molecule has 12 heteroatoms. The third-order valence-electron chi connectivity index (χ3n) is 2.24. The Morgan fingerprint density at radius 1 is 0.909 bits per heavy atom. The zero-order valence-corrected chi connectivity index (χ0v) is 9.78. The fourth-order valence-electron chi connectivity index (χ4n) is 1.18. The molecule has 1 aromatic rings.